The number of fused-ring (bicyclic) bond motifs is 2. The number of aliphatic imine (C=N–C) groups is 1. The first-order chi connectivity index (χ1) is 14.9. The Labute approximate surface area is 190 Å². The van der Waals surface area contributed by atoms with Gasteiger partial charge in [0.2, 0.25) is 0 Å². The molecule has 1 aromatic rings. The maximum atomic E-state index is 13.5. The van der Waals surface area contributed by atoms with Gasteiger partial charge in [-0.25, -0.2) is 4.99 Å². The molecular formula is C23H23Cl2N3O3. The molecule has 1 aromatic carbocycles. The van der Waals surface area contributed by atoms with E-state index in [4.69, 9.17) is 27.9 Å². The normalized spacial score (nSPS) is 23.9. The molecule has 4 heterocycles. The van der Waals surface area contributed by atoms with Crippen molar-refractivity contribution in [2.75, 3.05) is 26.3 Å². The maximum Gasteiger partial charge on any atom is 0.275 e. The first kappa shape index (κ1) is 20.7. The molecule has 6 nitrogen and oxygen atoms in total. The zero-order chi connectivity index (χ0) is 21.9. The maximum absolute atomic E-state index is 13.5. The SMILES string of the molecule is CC1=NC(=O)C(CN2CCc3c(Cl)cc(C(C)C4COC4)c(Cl)c3C2=O)=C2C=CNC12. The van der Waals surface area contributed by atoms with Crippen LogP contribution in [0.25, 0.3) is 0 Å². The molecule has 0 saturated carbocycles. The smallest absolute Gasteiger partial charge is 0.275 e. The average molecular weight is 460 g/mol. The molecule has 2 atom stereocenters. The number of benzene rings is 1. The summed E-state index contributed by atoms with van der Waals surface area (Å²) in [6.45, 7) is 5.98. The number of rotatable bonds is 4. The summed E-state index contributed by atoms with van der Waals surface area (Å²) in [7, 11) is 0. The van der Waals surface area contributed by atoms with Crippen LogP contribution in [-0.4, -0.2) is 54.8 Å². The Kier molecular flexibility index (Phi) is 5.19. The molecular weight excluding hydrogens is 437 g/mol. The van der Waals surface area contributed by atoms with Gasteiger partial charge in [-0.3, -0.25) is 9.59 Å². The zero-order valence-electron chi connectivity index (χ0n) is 17.4. The third-order valence-corrected chi connectivity index (χ3v) is 7.57. The number of nitrogens with one attached hydrogen (secondary N) is 1. The minimum Gasteiger partial charge on any atom is -0.381 e. The number of dihydropyridines is 1. The number of nitrogens with zero attached hydrogens (tertiary/aromatic N) is 2. The van der Waals surface area contributed by atoms with E-state index in [0.29, 0.717) is 53.3 Å². The summed E-state index contributed by atoms with van der Waals surface area (Å²) in [5, 5.41) is 4.25. The molecule has 4 aliphatic rings. The van der Waals surface area contributed by atoms with Crippen molar-refractivity contribution in [3.63, 3.8) is 0 Å². The predicted octanol–water partition coefficient (Wildman–Crippen LogP) is 3.52. The lowest BCUT2D eigenvalue weighted by Gasteiger charge is -2.35. The summed E-state index contributed by atoms with van der Waals surface area (Å²) in [5.41, 5.74) is 4.30. The van der Waals surface area contributed by atoms with Crippen molar-refractivity contribution in [3.8, 4) is 0 Å². The molecule has 162 valence electrons. The van der Waals surface area contributed by atoms with Crippen molar-refractivity contribution < 1.29 is 14.3 Å². The monoisotopic (exact) mass is 459 g/mol. The Balaban J connectivity index is 1.48. The Hall–Kier alpha value is -2.15. The molecule has 2 unspecified atom stereocenters. The number of ether oxygens (including phenoxy) is 1. The van der Waals surface area contributed by atoms with Crippen LogP contribution < -0.4 is 5.32 Å². The number of hydrogen-bond acceptors (Lipinski definition) is 4. The van der Waals surface area contributed by atoms with E-state index >= 15 is 0 Å². The van der Waals surface area contributed by atoms with Crippen molar-refractivity contribution in [2.45, 2.75) is 32.2 Å². The highest BCUT2D eigenvalue weighted by Gasteiger charge is 2.36. The zero-order valence-corrected chi connectivity index (χ0v) is 18.9. The number of carbonyl (C=O) groups is 2. The fourth-order valence-electron chi connectivity index (χ4n) is 4.74. The predicted molar refractivity (Wildman–Crippen MR) is 120 cm³/mol. The summed E-state index contributed by atoms with van der Waals surface area (Å²) >= 11 is 13.4. The number of halogens is 2. The molecule has 0 bridgehead atoms. The first-order valence-corrected chi connectivity index (χ1v) is 11.2. The fourth-order valence-corrected chi connectivity index (χ4v) is 5.47. The van der Waals surface area contributed by atoms with E-state index in [1.165, 1.54) is 0 Å². The average Bonchev–Trinajstić information content (AvgIpc) is 3.17. The molecule has 1 fully saturated rings. The first-order valence-electron chi connectivity index (χ1n) is 10.5. The number of carbonyl (C=O) groups excluding carboxylic acids is 2. The van der Waals surface area contributed by atoms with E-state index in [-0.39, 0.29) is 30.3 Å². The van der Waals surface area contributed by atoms with Gasteiger partial charge in [0.25, 0.3) is 11.8 Å². The fraction of sp³-hybridized carbons (Fsp3) is 0.435. The Morgan fingerprint density at radius 1 is 1.32 bits per heavy atom. The number of amides is 2. The lowest BCUT2D eigenvalue weighted by atomic mass is 9.83. The van der Waals surface area contributed by atoms with Crippen molar-refractivity contribution in [1.29, 1.82) is 0 Å². The third-order valence-electron chi connectivity index (χ3n) is 6.83. The van der Waals surface area contributed by atoms with Gasteiger partial charge in [0, 0.05) is 28.8 Å². The van der Waals surface area contributed by atoms with Crippen LogP contribution in [-0.2, 0) is 16.0 Å². The third kappa shape index (κ3) is 3.32. The summed E-state index contributed by atoms with van der Waals surface area (Å²) in [5.74, 6) is 0.0377. The lowest BCUT2D eigenvalue weighted by Crippen LogP contribution is -2.42. The highest BCUT2D eigenvalue weighted by atomic mass is 35.5. The van der Waals surface area contributed by atoms with Crippen LogP contribution in [0.15, 0.2) is 34.5 Å². The molecule has 1 saturated heterocycles. The molecule has 2 amide bonds. The van der Waals surface area contributed by atoms with Crippen LogP contribution in [0.1, 0.15) is 41.3 Å². The molecule has 0 radical (unpaired) electrons. The Morgan fingerprint density at radius 3 is 2.81 bits per heavy atom. The second-order valence-corrected chi connectivity index (χ2v) is 9.39. The quantitative estimate of drug-likeness (QED) is 0.747. The van der Waals surface area contributed by atoms with E-state index in [1.807, 2.05) is 25.3 Å². The summed E-state index contributed by atoms with van der Waals surface area (Å²) in [6.07, 6.45) is 4.31. The van der Waals surface area contributed by atoms with Crippen LogP contribution in [0.4, 0.5) is 0 Å². The van der Waals surface area contributed by atoms with Gasteiger partial charge in [-0.2, -0.15) is 0 Å². The van der Waals surface area contributed by atoms with E-state index in [9.17, 15) is 9.59 Å². The topological polar surface area (TPSA) is 71.0 Å². The highest BCUT2D eigenvalue weighted by molar-refractivity contribution is 6.37. The second-order valence-electron chi connectivity index (χ2n) is 8.60. The number of hydrogen-bond donors (Lipinski definition) is 1. The van der Waals surface area contributed by atoms with Crippen LogP contribution in [0.5, 0.6) is 0 Å². The van der Waals surface area contributed by atoms with E-state index in [1.54, 1.807) is 4.90 Å². The standard InChI is InChI=1S/C23H23Cl2N3O3/c1-11(13-9-31-10-13)16-7-18(24)15-4-6-28(23(30)19(15)20(16)25)8-17-14-3-5-26-21(14)12(2)27-22(17)29/h3,5,7,11,13,21,26H,4,6,8-10H2,1-2H3. The van der Waals surface area contributed by atoms with Crippen LogP contribution in [0, 0.1) is 5.92 Å². The molecule has 31 heavy (non-hydrogen) atoms. The van der Waals surface area contributed by atoms with Gasteiger partial charge in [-0.1, -0.05) is 30.1 Å². The van der Waals surface area contributed by atoms with Crippen LogP contribution in [0.3, 0.4) is 0 Å². The van der Waals surface area contributed by atoms with Gasteiger partial charge in [-0.15, -0.1) is 0 Å². The minimum atomic E-state index is -0.285. The van der Waals surface area contributed by atoms with E-state index in [2.05, 4.69) is 17.2 Å². The second kappa shape index (κ2) is 7.76. The molecule has 1 N–H and O–H groups in total. The van der Waals surface area contributed by atoms with Crippen molar-refractivity contribution >= 4 is 40.7 Å². The van der Waals surface area contributed by atoms with Gasteiger partial charge >= 0.3 is 0 Å². The van der Waals surface area contributed by atoms with E-state index in [0.717, 1.165) is 22.4 Å². The molecule has 0 aromatic heterocycles. The molecule has 8 heteroatoms. The summed E-state index contributed by atoms with van der Waals surface area (Å²) in [4.78, 5) is 32.0. The van der Waals surface area contributed by atoms with Crippen LogP contribution in [0.2, 0.25) is 10.0 Å². The highest BCUT2D eigenvalue weighted by Crippen LogP contribution is 2.41. The molecule has 4 aliphatic heterocycles. The largest absolute Gasteiger partial charge is 0.381 e. The molecule has 5 rings (SSSR count). The molecule has 0 spiro atoms. The summed E-state index contributed by atoms with van der Waals surface area (Å²) in [6, 6.07) is 1.80. The van der Waals surface area contributed by atoms with Gasteiger partial charge < -0.3 is 15.0 Å². The molecule has 0 aliphatic carbocycles. The van der Waals surface area contributed by atoms with Gasteiger partial charge in [0.15, 0.2) is 0 Å². The van der Waals surface area contributed by atoms with Gasteiger partial charge in [0.05, 0.1) is 36.4 Å². The Morgan fingerprint density at radius 2 is 2.10 bits per heavy atom. The van der Waals surface area contributed by atoms with E-state index < -0.39 is 0 Å². The lowest BCUT2D eigenvalue weighted by molar-refractivity contribution is -0.114. The Bertz CT molecular complexity index is 1090. The van der Waals surface area contributed by atoms with Crippen molar-refractivity contribution in [2.24, 2.45) is 10.9 Å². The van der Waals surface area contributed by atoms with Gasteiger partial charge in [-0.05, 0) is 54.3 Å². The van der Waals surface area contributed by atoms with Gasteiger partial charge in [0.1, 0.15) is 0 Å². The van der Waals surface area contributed by atoms with Crippen LogP contribution >= 0.6 is 23.2 Å². The van der Waals surface area contributed by atoms with Crippen molar-refractivity contribution in [3.05, 3.63) is 56.2 Å². The minimum absolute atomic E-state index is 0.102. The summed E-state index contributed by atoms with van der Waals surface area (Å²) < 4.78 is 5.33. The van der Waals surface area contributed by atoms with Crippen molar-refractivity contribution in [1.82, 2.24) is 10.2 Å².